The minimum atomic E-state index is -1.08. The van der Waals surface area contributed by atoms with Gasteiger partial charge in [-0.3, -0.25) is 0 Å². The molecule has 0 spiro atoms. The Morgan fingerprint density at radius 1 is 1.00 bits per heavy atom. The molecule has 0 atom stereocenters. The van der Waals surface area contributed by atoms with E-state index >= 15 is 0 Å². The average molecular weight is 264 g/mol. The summed E-state index contributed by atoms with van der Waals surface area (Å²) in [6.45, 7) is 13.3. The summed E-state index contributed by atoms with van der Waals surface area (Å²) in [5.74, 6) is 0. The molecule has 0 unspecified atom stereocenters. The van der Waals surface area contributed by atoms with E-state index < -0.39 is 8.07 Å². The monoisotopic (exact) mass is 263 g/mol. The first-order chi connectivity index (χ1) is 8.47. The smallest absolute Gasteiger partial charge is 0.0556 e. The summed E-state index contributed by atoms with van der Waals surface area (Å²) in [5, 5.41) is 3.52. The molecule has 0 saturated heterocycles. The summed E-state index contributed by atoms with van der Waals surface area (Å²) < 4.78 is 0. The van der Waals surface area contributed by atoms with Crippen LogP contribution in [0.5, 0.6) is 0 Å². The van der Waals surface area contributed by atoms with Crippen LogP contribution in [0.1, 0.15) is 34.1 Å². The van der Waals surface area contributed by atoms with Gasteiger partial charge in [0.2, 0.25) is 0 Å². The van der Waals surface area contributed by atoms with Gasteiger partial charge in [-0.05, 0) is 18.6 Å². The fraction of sp³-hybridized carbons (Fsp3) is 0.625. The second-order valence-corrected chi connectivity index (χ2v) is 12.0. The molecule has 0 aromatic heterocycles. The number of hydrogen-bond donors (Lipinski definition) is 1. The van der Waals surface area contributed by atoms with Crippen LogP contribution in [0, 0.1) is 0 Å². The SMILES string of the molecule is CC(C)[Si](C)(CCCNc1ccccc1)C(C)C. The van der Waals surface area contributed by atoms with E-state index in [-0.39, 0.29) is 0 Å². The zero-order valence-electron chi connectivity index (χ0n) is 12.7. The molecular formula is C16H29NSi. The first kappa shape index (κ1) is 15.3. The molecule has 0 amide bonds. The summed E-state index contributed by atoms with van der Waals surface area (Å²) in [5.41, 5.74) is 3.01. The van der Waals surface area contributed by atoms with Crippen LogP contribution in [0.2, 0.25) is 23.7 Å². The van der Waals surface area contributed by atoms with Gasteiger partial charge < -0.3 is 5.32 Å². The summed E-state index contributed by atoms with van der Waals surface area (Å²) >= 11 is 0. The van der Waals surface area contributed by atoms with Crippen molar-refractivity contribution >= 4 is 13.8 Å². The van der Waals surface area contributed by atoms with Gasteiger partial charge in [0.1, 0.15) is 0 Å². The molecule has 1 nitrogen and oxygen atoms in total. The number of para-hydroxylation sites is 1. The topological polar surface area (TPSA) is 12.0 Å². The lowest BCUT2D eigenvalue weighted by atomic mass is 10.3. The first-order valence-corrected chi connectivity index (χ1v) is 10.1. The van der Waals surface area contributed by atoms with Crippen molar-refractivity contribution in [3.63, 3.8) is 0 Å². The second kappa shape index (κ2) is 6.98. The van der Waals surface area contributed by atoms with E-state index in [1.54, 1.807) is 0 Å². The molecule has 0 bridgehead atoms. The Hall–Kier alpha value is -0.763. The molecule has 0 aliphatic carbocycles. The van der Waals surface area contributed by atoms with E-state index in [2.05, 4.69) is 69.9 Å². The van der Waals surface area contributed by atoms with Gasteiger partial charge in [-0.2, -0.15) is 0 Å². The van der Waals surface area contributed by atoms with E-state index in [4.69, 9.17) is 0 Å². The fourth-order valence-electron chi connectivity index (χ4n) is 2.50. The van der Waals surface area contributed by atoms with Crippen molar-refractivity contribution < 1.29 is 0 Å². The van der Waals surface area contributed by atoms with E-state index in [0.717, 1.165) is 17.6 Å². The highest BCUT2D eigenvalue weighted by Crippen LogP contribution is 2.36. The van der Waals surface area contributed by atoms with Crippen molar-refractivity contribution in [2.24, 2.45) is 0 Å². The van der Waals surface area contributed by atoms with Crippen LogP contribution in [-0.4, -0.2) is 14.6 Å². The van der Waals surface area contributed by atoms with Crippen LogP contribution in [0.4, 0.5) is 5.69 Å². The van der Waals surface area contributed by atoms with E-state index in [0.29, 0.717) is 0 Å². The summed E-state index contributed by atoms with van der Waals surface area (Å²) in [6, 6.07) is 11.9. The molecule has 0 aliphatic heterocycles. The zero-order valence-corrected chi connectivity index (χ0v) is 13.7. The Morgan fingerprint density at radius 2 is 1.56 bits per heavy atom. The van der Waals surface area contributed by atoms with Gasteiger partial charge in [0.15, 0.2) is 0 Å². The van der Waals surface area contributed by atoms with Gasteiger partial charge in [-0.15, -0.1) is 0 Å². The zero-order chi connectivity index (χ0) is 13.6. The van der Waals surface area contributed by atoms with Crippen molar-refractivity contribution in [2.45, 2.75) is 57.8 Å². The predicted octanol–water partition coefficient (Wildman–Crippen LogP) is 5.39. The number of hydrogen-bond acceptors (Lipinski definition) is 1. The third-order valence-electron chi connectivity index (χ3n) is 4.63. The van der Waals surface area contributed by atoms with Crippen molar-refractivity contribution in [3.8, 4) is 0 Å². The molecule has 0 saturated carbocycles. The van der Waals surface area contributed by atoms with Gasteiger partial charge in [0, 0.05) is 12.2 Å². The van der Waals surface area contributed by atoms with Gasteiger partial charge in [0.05, 0.1) is 8.07 Å². The molecule has 0 fully saturated rings. The fourth-order valence-corrected chi connectivity index (χ4v) is 5.93. The van der Waals surface area contributed by atoms with Gasteiger partial charge >= 0.3 is 0 Å². The third kappa shape index (κ3) is 4.16. The minimum absolute atomic E-state index is 0.884. The number of benzene rings is 1. The molecule has 1 rings (SSSR count). The van der Waals surface area contributed by atoms with Crippen LogP contribution < -0.4 is 5.32 Å². The molecule has 1 N–H and O–H groups in total. The minimum Gasteiger partial charge on any atom is -0.385 e. The summed E-state index contributed by atoms with van der Waals surface area (Å²) in [4.78, 5) is 0. The molecule has 102 valence electrons. The highest BCUT2D eigenvalue weighted by molar-refractivity contribution is 6.81. The standard InChI is InChI=1S/C16H29NSi/c1-14(2)18(5,15(3)4)13-9-12-17-16-10-7-6-8-11-16/h6-8,10-11,14-15,17H,9,12-13H2,1-5H3. The molecule has 2 heteroatoms. The van der Waals surface area contributed by atoms with Crippen LogP contribution in [0.25, 0.3) is 0 Å². The Kier molecular flexibility index (Phi) is 5.93. The van der Waals surface area contributed by atoms with Crippen molar-refractivity contribution in [3.05, 3.63) is 30.3 Å². The molecule has 0 radical (unpaired) electrons. The second-order valence-electron chi connectivity index (χ2n) is 6.21. The van der Waals surface area contributed by atoms with Crippen LogP contribution >= 0.6 is 0 Å². The maximum atomic E-state index is 3.52. The lowest BCUT2D eigenvalue weighted by Crippen LogP contribution is -2.37. The van der Waals surface area contributed by atoms with Gasteiger partial charge in [-0.25, -0.2) is 0 Å². The number of anilines is 1. The maximum absolute atomic E-state index is 3.52. The first-order valence-electron chi connectivity index (χ1n) is 7.25. The number of rotatable bonds is 7. The van der Waals surface area contributed by atoms with E-state index in [9.17, 15) is 0 Å². The molecular weight excluding hydrogens is 234 g/mol. The molecule has 0 heterocycles. The predicted molar refractivity (Wildman–Crippen MR) is 86.2 cm³/mol. The Bertz CT molecular complexity index is 324. The maximum Gasteiger partial charge on any atom is 0.0556 e. The molecule has 1 aromatic carbocycles. The lowest BCUT2D eigenvalue weighted by molar-refractivity contribution is 0.841. The molecule has 0 aliphatic rings. The summed E-state index contributed by atoms with van der Waals surface area (Å²) in [7, 11) is -1.08. The van der Waals surface area contributed by atoms with Gasteiger partial charge in [0.25, 0.3) is 0 Å². The highest BCUT2D eigenvalue weighted by Gasteiger charge is 2.33. The Morgan fingerprint density at radius 3 is 2.06 bits per heavy atom. The van der Waals surface area contributed by atoms with Crippen molar-refractivity contribution in [1.29, 1.82) is 0 Å². The molecule has 18 heavy (non-hydrogen) atoms. The van der Waals surface area contributed by atoms with E-state index in [1.165, 1.54) is 18.2 Å². The van der Waals surface area contributed by atoms with Crippen LogP contribution in [0.3, 0.4) is 0 Å². The Labute approximate surface area is 114 Å². The Balaban J connectivity index is 2.36. The number of nitrogens with one attached hydrogen (secondary N) is 1. The van der Waals surface area contributed by atoms with Crippen LogP contribution in [0.15, 0.2) is 30.3 Å². The average Bonchev–Trinajstić information content (AvgIpc) is 2.35. The van der Waals surface area contributed by atoms with Gasteiger partial charge in [-0.1, -0.05) is 69.6 Å². The van der Waals surface area contributed by atoms with E-state index in [1.807, 2.05) is 0 Å². The normalized spacial score (nSPS) is 12.2. The molecule has 1 aromatic rings. The van der Waals surface area contributed by atoms with Crippen LogP contribution in [-0.2, 0) is 0 Å². The largest absolute Gasteiger partial charge is 0.385 e. The quantitative estimate of drug-likeness (QED) is 0.514. The van der Waals surface area contributed by atoms with Crippen molar-refractivity contribution in [1.82, 2.24) is 0 Å². The lowest BCUT2D eigenvalue weighted by Gasteiger charge is -2.36. The van der Waals surface area contributed by atoms with Crippen molar-refractivity contribution in [2.75, 3.05) is 11.9 Å². The highest BCUT2D eigenvalue weighted by atomic mass is 28.3. The third-order valence-corrected chi connectivity index (χ3v) is 11.3. The summed E-state index contributed by atoms with van der Waals surface area (Å²) in [6.07, 6.45) is 1.30.